The zero-order chi connectivity index (χ0) is 11.8. The number of hydrogen-bond donors (Lipinski definition) is 1. The molecule has 0 spiro atoms. The van der Waals surface area contributed by atoms with Crippen LogP contribution >= 0.6 is 11.6 Å². The predicted molar refractivity (Wildman–Crippen MR) is 59.5 cm³/mol. The Morgan fingerprint density at radius 3 is 2.94 bits per heavy atom. The zero-order valence-electron chi connectivity index (χ0n) is 9.07. The van der Waals surface area contributed by atoms with Gasteiger partial charge in [0.1, 0.15) is 0 Å². The van der Waals surface area contributed by atoms with E-state index in [4.69, 9.17) is 16.0 Å². The summed E-state index contributed by atoms with van der Waals surface area (Å²) in [5.41, 5.74) is -0.801. The molecular formula is C11H14ClNO3. The van der Waals surface area contributed by atoms with Crippen molar-refractivity contribution in [2.75, 3.05) is 13.1 Å². The average Bonchev–Trinajstić information content (AvgIpc) is 2.62. The van der Waals surface area contributed by atoms with E-state index in [1.165, 1.54) is 6.07 Å². The fourth-order valence-electron chi connectivity index (χ4n) is 1.98. The molecule has 0 radical (unpaired) electrons. The van der Waals surface area contributed by atoms with Crippen molar-refractivity contribution in [3.8, 4) is 0 Å². The van der Waals surface area contributed by atoms with Gasteiger partial charge < -0.3 is 14.4 Å². The highest BCUT2D eigenvalue weighted by atomic mass is 35.5. The van der Waals surface area contributed by atoms with Crippen LogP contribution in [-0.2, 0) is 0 Å². The molecule has 0 aromatic carbocycles. The molecule has 2 rings (SSSR count). The van der Waals surface area contributed by atoms with Crippen LogP contribution in [0.4, 0.5) is 0 Å². The second kappa shape index (κ2) is 4.11. The Hall–Kier alpha value is -1.00. The van der Waals surface area contributed by atoms with Crippen molar-refractivity contribution in [3.05, 3.63) is 23.1 Å². The van der Waals surface area contributed by atoms with Gasteiger partial charge >= 0.3 is 0 Å². The quantitative estimate of drug-likeness (QED) is 0.820. The number of rotatable bonds is 1. The molecule has 1 aromatic heterocycles. The largest absolute Gasteiger partial charge is 0.440 e. The summed E-state index contributed by atoms with van der Waals surface area (Å²) >= 11 is 5.61. The summed E-state index contributed by atoms with van der Waals surface area (Å²) in [4.78, 5) is 13.6. The van der Waals surface area contributed by atoms with Crippen LogP contribution in [0.15, 0.2) is 16.5 Å². The SMILES string of the molecule is CC1(O)CCCN(C(=O)c2ccc(Cl)o2)C1. The number of hydrogen-bond acceptors (Lipinski definition) is 3. The normalized spacial score (nSPS) is 25.8. The molecule has 1 saturated heterocycles. The smallest absolute Gasteiger partial charge is 0.289 e. The molecular weight excluding hydrogens is 230 g/mol. The van der Waals surface area contributed by atoms with Gasteiger partial charge in [-0.15, -0.1) is 0 Å². The molecule has 0 bridgehead atoms. The van der Waals surface area contributed by atoms with Crippen LogP contribution in [0, 0.1) is 0 Å². The van der Waals surface area contributed by atoms with E-state index < -0.39 is 5.60 Å². The van der Waals surface area contributed by atoms with Crippen molar-refractivity contribution in [1.82, 2.24) is 4.90 Å². The molecule has 1 atom stereocenters. The second-order valence-corrected chi connectivity index (χ2v) is 4.80. The van der Waals surface area contributed by atoms with E-state index >= 15 is 0 Å². The van der Waals surface area contributed by atoms with Crippen molar-refractivity contribution in [2.24, 2.45) is 0 Å². The van der Waals surface area contributed by atoms with E-state index in [-0.39, 0.29) is 16.9 Å². The highest BCUT2D eigenvalue weighted by molar-refractivity contribution is 6.29. The van der Waals surface area contributed by atoms with Gasteiger partial charge in [0.2, 0.25) is 0 Å². The Balaban J connectivity index is 2.10. The van der Waals surface area contributed by atoms with Gasteiger partial charge in [0.15, 0.2) is 11.0 Å². The number of piperidine rings is 1. The van der Waals surface area contributed by atoms with Gasteiger partial charge in [0, 0.05) is 13.1 Å². The highest BCUT2D eigenvalue weighted by Crippen LogP contribution is 2.23. The van der Waals surface area contributed by atoms with Gasteiger partial charge in [-0.3, -0.25) is 4.79 Å². The van der Waals surface area contributed by atoms with Crippen molar-refractivity contribution >= 4 is 17.5 Å². The Bertz CT molecular complexity index is 400. The Morgan fingerprint density at radius 2 is 2.38 bits per heavy atom. The van der Waals surface area contributed by atoms with Crippen LogP contribution in [0.5, 0.6) is 0 Å². The monoisotopic (exact) mass is 243 g/mol. The zero-order valence-corrected chi connectivity index (χ0v) is 9.83. The van der Waals surface area contributed by atoms with Gasteiger partial charge in [-0.1, -0.05) is 0 Å². The lowest BCUT2D eigenvalue weighted by molar-refractivity contribution is -0.0117. The van der Waals surface area contributed by atoms with E-state index in [2.05, 4.69) is 0 Å². The summed E-state index contributed by atoms with van der Waals surface area (Å²) in [7, 11) is 0. The van der Waals surface area contributed by atoms with Crippen molar-refractivity contribution in [2.45, 2.75) is 25.4 Å². The minimum atomic E-state index is -0.801. The summed E-state index contributed by atoms with van der Waals surface area (Å²) in [6.45, 7) is 2.72. The lowest BCUT2D eigenvalue weighted by Gasteiger charge is -2.36. The highest BCUT2D eigenvalue weighted by Gasteiger charge is 2.32. The van der Waals surface area contributed by atoms with Crippen molar-refractivity contribution < 1.29 is 14.3 Å². The molecule has 1 fully saturated rings. The summed E-state index contributed by atoms with van der Waals surface area (Å²) in [6, 6.07) is 3.09. The maximum Gasteiger partial charge on any atom is 0.289 e. The molecule has 1 aromatic rings. The first-order chi connectivity index (χ1) is 7.48. The standard InChI is InChI=1S/C11H14ClNO3/c1-11(15)5-2-6-13(7-11)10(14)8-3-4-9(12)16-8/h3-4,15H,2,5-7H2,1H3. The lowest BCUT2D eigenvalue weighted by atomic mass is 9.95. The summed E-state index contributed by atoms with van der Waals surface area (Å²) in [5.74, 6) is 0.00887. The van der Waals surface area contributed by atoms with E-state index in [1.807, 2.05) is 0 Å². The van der Waals surface area contributed by atoms with Gasteiger partial charge in [-0.2, -0.15) is 0 Å². The van der Waals surface area contributed by atoms with Crippen LogP contribution in [0.25, 0.3) is 0 Å². The molecule has 1 aliphatic heterocycles. The fraction of sp³-hybridized carbons (Fsp3) is 0.545. The lowest BCUT2D eigenvalue weighted by Crippen LogP contribution is -2.48. The van der Waals surface area contributed by atoms with Crippen LogP contribution in [0.2, 0.25) is 5.22 Å². The molecule has 1 N–H and O–H groups in total. The minimum absolute atomic E-state index is 0.201. The van der Waals surface area contributed by atoms with E-state index in [9.17, 15) is 9.90 Å². The molecule has 0 saturated carbocycles. The van der Waals surface area contributed by atoms with Gasteiger partial charge in [0.25, 0.3) is 5.91 Å². The first-order valence-electron chi connectivity index (χ1n) is 5.25. The van der Waals surface area contributed by atoms with Crippen molar-refractivity contribution in [3.63, 3.8) is 0 Å². The van der Waals surface area contributed by atoms with Crippen LogP contribution < -0.4 is 0 Å². The molecule has 4 nitrogen and oxygen atoms in total. The number of aliphatic hydroxyl groups is 1. The number of likely N-dealkylation sites (tertiary alicyclic amines) is 1. The molecule has 1 unspecified atom stereocenters. The maximum atomic E-state index is 12.0. The van der Waals surface area contributed by atoms with Crippen LogP contribution in [-0.4, -0.2) is 34.6 Å². The number of carbonyl (C=O) groups is 1. The third-order valence-corrected chi connectivity index (χ3v) is 2.95. The molecule has 5 heteroatoms. The van der Waals surface area contributed by atoms with Crippen molar-refractivity contribution in [1.29, 1.82) is 0 Å². The number of halogens is 1. The van der Waals surface area contributed by atoms with Gasteiger partial charge in [-0.25, -0.2) is 0 Å². The Kier molecular flexibility index (Phi) is 2.95. The Labute approximate surface area is 98.8 Å². The number of carbonyl (C=O) groups excluding carboxylic acids is 1. The van der Waals surface area contributed by atoms with E-state index in [0.29, 0.717) is 13.1 Å². The molecule has 2 heterocycles. The molecule has 16 heavy (non-hydrogen) atoms. The molecule has 1 amide bonds. The topological polar surface area (TPSA) is 53.7 Å². The third kappa shape index (κ3) is 2.39. The number of amides is 1. The first-order valence-corrected chi connectivity index (χ1v) is 5.63. The Morgan fingerprint density at radius 1 is 1.62 bits per heavy atom. The number of furan rings is 1. The third-order valence-electron chi connectivity index (χ3n) is 2.75. The number of nitrogens with zero attached hydrogens (tertiary/aromatic N) is 1. The summed E-state index contributed by atoms with van der Waals surface area (Å²) < 4.78 is 5.06. The summed E-state index contributed by atoms with van der Waals surface area (Å²) in [6.07, 6.45) is 1.52. The van der Waals surface area contributed by atoms with E-state index in [0.717, 1.165) is 12.8 Å². The van der Waals surface area contributed by atoms with Crippen LogP contribution in [0.3, 0.4) is 0 Å². The molecule has 0 aliphatic carbocycles. The van der Waals surface area contributed by atoms with E-state index in [1.54, 1.807) is 17.9 Å². The molecule has 88 valence electrons. The minimum Gasteiger partial charge on any atom is -0.440 e. The van der Waals surface area contributed by atoms with Gasteiger partial charge in [0.05, 0.1) is 5.60 Å². The second-order valence-electron chi connectivity index (χ2n) is 4.43. The molecule has 1 aliphatic rings. The van der Waals surface area contributed by atoms with Gasteiger partial charge in [-0.05, 0) is 43.5 Å². The fourth-order valence-corrected chi connectivity index (χ4v) is 2.12. The predicted octanol–water partition coefficient (Wildman–Crippen LogP) is 1.92. The van der Waals surface area contributed by atoms with Crippen LogP contribution in [0.1, 0.15) is 30.3 Å². The first kappa shape index (κ1) is 11.5. The average molecular weight is 244 g/mol. The maximum absolute atomic E-state index is 12.0. The summed E-state index contributed by atoms with van der Waals surface area (Å²) in [5, 5.41) is 10.1. The number of β-amino-alcohol motifs (C(OH)–C–C–N with tert-alkyl or cyclic N) is 1.